The first kappa shape index (κ1) is 8.52. The van der Waals surface area contributed by atoms with Crippen molar-refractivity contribution in [2.24, 2.45) is 0 Å². The second-order valence-corrected chi connectivity index (χ2v) is 1.69. The molecule has 8 heavy (non-hydrogen) atoms. The summed E-state index contributed by atoms with van der Waals surface area (Å²) in [6, 6.07) is 0. The molecule has 0 atom stereocenters. The molecule has 0 aromatic heterocycles. The Hall–Kier alpha value is 0.519. The van der Waals surface area contributed by atoms with Gasteiger partial charge in [0.25, 0.3) is 0 Å². The molecule has 0 amide bonds. The van der Waals surface area contributed by atoms with E-state index in [0.29, 0.717) is 0 Å². The van der Waals surface area contributed by atoms with Crippen molar-refractivity contribution in [2.45, 2.75) is 0 Å². The summed E-state index contributed by atoms with van der Waals surface area (Å²) in [6.45, 7) is 0. The maximum atomic E-state index is 10.1. The standard InChI is InChI=1S/C2O4Te2/c3-1(5-7)2(4)6-8. The van der Waals surface area contributed by atoms with E-state index < -0.39 is 11.9 Å². The fraction of sp³-hybridized carbons (Fsp3) is 0. The summed E-state index contributed by atoms with van der Waals surface area (Å²) in [6.07, 6.45) is 0. The average Bonchev–Trinajstić information content (AvgIpc) is 1.84. The predicted molar refractivity (Wildman–Crippen MR) is 23.7 cm³/mol. The number of rotatable bonds is 0. The topological polar surface area (TPSA) is 52.6 Å². The van der Waals surface area contributed by atoms with Crippen LogP contribution >= 0.6 is 0 Å². The number of hydrogen-bond donors (Lipinski definition) is 0. The summed E-state index contributed by atoms with van der Waals surface area (Å²) >= 11 is 2.10. The minimum absolute atomic E-state index is 0.972. The molecule has 0 aliphatic heterocycles. The summed E-state index contributed by atoms with van der Waals surface area (Å²) in [4.78, 5) is 20.1. The van der Waals surface area contributed by atoms with Crippen molar-refractivity contribution in [1.82, 2.24) is 0 Å². The molecule has 0 aromatic rings. The van der Waals surface area contributed by atoms with Gasteiger partial charge in [0.1, 0.15) is 0 Å². The Morgan fingerprint density at radius 1 is 1.00 bits per heavy atom. The van der Waals surface area contributed by atoms with Gasteiger partial charge in [-0.15, -0.1) is 0 Å². The number of carbonyl (C=O) groups excluding carboxylic acids is 2. The van der Waals surface area contributed by atoms with Gasteiger partial charge >= 0.3 is 73.1 Å². The molecule has 4 nitrogen and oxygen atoms in total. The van der Waals surface area contributed by atoms with Crippen LogP contribution in [0.25, 0.3) is 0 Å². The van der Waals surface area contributed by atoms with E-state index in [9.17, 15) is 9.59 Å². The number of carbonyl (C=O) groups is 2. The first-order valence-corrected chi connectivity index (χ1v) is 3.30. The second kappa shape index (κ2) is 4.40. The van der Waals surface area contributed by atoms with Crippen molar-refractivity contribution >= 4 is 57.4 Å². The molecule has 0 aliphatic carbocycles. The third kappa shape index (κ3) is 2.74. The Kier molecular flexibility index (Phi) is 4.69. The Labute approximate surface area is 72.8 Å². The van der Waals surface area contributed by atoms with Crippen molar-refractivity contribution in [3.05, 3.63) is 0 Å². The van der Waals surface area contributed by atoms with Crippen LogP contribution in [-0.4, -0.2) is 57.4 Å². The van der Waals surface area contributed by atoms with Gasteiger partial charge in [0.2, 0.25) is 0 Å². The van der Waals surface area contributed by atoms with Crippen LogP contribution in [0.4, 0.5) is 0 Å². The molecule has 2 radical (unpaired) electrons. The molecular formula is C2O4Te2. The van der Waals surface area contributed by atoms with Crippen LogP contribution in [0.5, 0.6) is 0 Å². The monoisotopic (exact) mass is 348 g/mol. The summed E-state index contributed by atoms with van der Waals surface area (Å²) in [5.74, 6) is -1.94. The molecule has 0 heterocycles. The van der Waals surface area contributed by atoms with Gasteiger partial charge in [-0.3, -0.25) is 0 Å². The van der Waals surface area contributed by atoms with Crippen molar-refractivity contribution in [2.75, 3.05) is 0 Å². The van der Waals surface area contributed by atoms with Gasteiger partial charge in [0, 0.05) is 0 Å². The van der Waals surface area contributed by atoms with Crippen molar-refractivity contribution in [3.8, 4) is 0 Å². The molecule has 0 saturated carbocycles. The molecule has 0 unspecified atom stereocenters. The zero-order valence-electron chi connectivity index (χ0n) is 3.45. The molecule has 0 fully saturated rings. The van der Waals surface area contributed by atoms with Crippen LogP contribution in [0.3, 0.4) is 0 Å². The molecule has 0 N–H and O–H groups in total. The zero-order valence-corrected chi connectivity index (χ0v) is 8.11. The molecule has 0 spiro atoms. The van der Waals surface area contributed by atoms with E-state index in [4.69, 9.17) is 0 Å². The third-order valence-electron chi connectivity index (χ3n) is 0.318. The van der Waals surface area contributed by atoms with Gasteiger partial charge in [-0.25, -0.2) is 0 Å². The van der Waals surface area contributed by atoms with Gasteiger partial charge in [0.05, 0.1) is 0 Å². The van der Waals surface area contributed by atoms with Crippen LogP contribution in [0.2, 0.25) is 0 Å². The molecular weight excluding hydrogens is 343 g/mol. The Morgan fingerprint density at radius 2 is 1.25 bits per heavy atom. The van der Waals surface area contributed by atoms with E-state index in [0.717, 1.165) is 45.4 Å². The number of hydrogen-bond acceptors (Lipinski definition) is 4. The van der Waals surface area contributed by atoms with E-state index in [1.54, 1.807) is 0 Å². The normalized spacial score (nSPS) is 7.75. The van der Waals surface area contributed by atoms with Crippen molar-refractivity contribution < 1.29 is 15.8 Å². The van der Waals surface area contributed by atoms with Crippen LogP contribution in [0.1, 0.15) is 0 Å². The van der Waals surface area contributed by atoms with E-state index in [-0.39, 0.29) is 0 Å². The van der Waals surface area contributed by atoms with Crippen LogP contribution in [-0.2, 0) is 15.8 Å². The van der Waals surface area contributed by atoms with E-state index in [1.807, 2.05) is 0 Å². The predicted octanol–water partition coefficient (Wildman–Crippen LogP) is -1.76. The Balaban J connectivity index is 3.64. The average molecular weight is 343 g/mol. The van der Waals surface area contributed by atoms with Gasteiger partial charge in [-0.2, -0.15) is 0 Å². The van der Waals surface area contributed by atoms with Crippen molar-refractivity contribution in [3.63, 3.8) is 0 Å². The fourth-order valence-corrected chi connectivity index (χ4v) is 0.456. The zero-order chi connectivity index (χ0) is 6.57. The summed E-state index contributed by atoms with van der Waals surface area (Å²) < 4.78 is 8.00. The maximum absolute atomic E-state index is 10.1. The molecule has 6 heteroatoms. The van der Waals surface area contributed by atoms with Crippen LogP contribution in [0.15, 0.2) is 0 Å². The van der Waals surface area contributed by atoms with Gasteiger partial charge in [-0.05, 0) is 0 Å². The first-order chi connectivity index (χ1) is 3.72. The Morgan fingerprint density at radius 3 is 1.38 bits per heavy atom. The SMILES string of the molecule is O=C(O[Te])C(=O)O[Te]. The quantitative estimate of drug-likeness (QED) is 0.386. The third-order valence-corrected chi connectivity index (χ3v) is 1.18. The van der Waals surface area contributed by atoms with Gasteiger partial charge < -0.3 is 0 Å². The molecule has 0 aliphatic rings. The molecule has 44 valence electrons. The van der Waals surface area contributed by atoms with Crippen LogP contribution in [0, 0.1) is 0 Å². The second-order valence-electron chi connectivity index (χ2n) is 0.742. The fourth-order valence-electron chi connectivity index (χ4n) is 0.0680. The van der Waals surface area contributed by atoms with E-state index in [1.165, 1.54) is 0 Å². The minimum atomic E-state index is -0.972. The molecule has 0 saturated heterocycles. The van der Waals surface area contributed by atoms with Crippen LogP contribution < -0.4 is 0 Å². The van der Waals surface area contributed by atoms with Gasteiger partial charge in [0.15, 0.2) is 0 Å². The van der Waals surface area contributed by atoms with E-state index in [2.05, 4.69) is 6.20 Å². The first-order valence-electron chi connectivity index (χ1n) is 1.40. The Bertz CT molecular complexity index is 96.6. The molecule has 0 rings (SSSR count). The summed E-state index contributed by atoms with van der Waals surface area (Å²) in [5.41, 5.74) is 0. The van der Waals surface area contributed by atoms with Crippen molar-refractivity contribution in [1.29, 1.82) is 0 Å². The van der Waals surface area contributed by atoms with Gasteiger partial charge in [-0.1, -0.05) is 0 Å². The summed E-state index contributed by atoms with van der Waals surface area (Å²) in [5, 5.41) is 0. The summed E-state index contributed by atoms with van der Waals surface area (Å²) in [7, 11) is 0. The van der Waals surface area contributed by atoms with E-state index >= 15 is 0 Å². The molecule has 0 aromatic carbocycles. The molecule has 0 bridgehead atoms.